The maximum absolute atomic E-state index is 13.4. The van der Waals surface area contributed by atoms with E-state index in [4.69, 9.17) is 17.3 Å². The Bertz CT molecular complexity index is 547. The highest BCUT2D eigenvalue weighted by Crippen LogP contribution is 2.16. The van der Waals surface area contributed by atoms with E-state index in [1.54, 1.807) is 18.2 Å². The third-order valence-corrected chi connectivity index (χ3v) is 2.61. The Labute approximate surface area is 109 Å². The third kappa shape index (κ3) is 3.07. The summed E-state index contributed by atoms with van der Waals surface area (Å²) < 4.78 is 13.4. The van der Waals surface area contributed by atoms with Crippen LogP contribution in [0.5, 0.6) is 0 Å². The highest BCUT2D eigenvalue weighted by atomic mass is 35.5. The lowest BCUT2D eigenvalue weighted by Crippen LogP contribution is -2.09. The Morgan fingerprint density at radius 3 is 2.89 bits per heavy atom. The summed E-state index contributed by atoms with van der Waals surface area (Å²) in [7, 11) is 0. The quantitative estimate of drug-likeness (QED) is 0.835. The molecule has 4 nitrogen and oxygen atoms in total. The highest BCUT2D eigenvalue weighted by molar-refractivity contribution is 6.28. The first-order valence-electron chi connectivity index (χ1n) is 5.42. The van der Waals surface area contributed by atoms with E-state index in [1.807, 2.05) is 0 Å². The number of hydrogen-bond acceptors (Lipinski definition) is 4. The van der Waals surface area contributed by atoms with Gasteiger partial charge >= 0.3 is 0 Å². The van der Waals surface area contributed by atoms with Gasteiger partial charge in [0, 0.05) is 6.54 Å². The van der Waals surface area contributed by atoms with Gasteiger partial charge in [-0.15, -0.1) is 0 Å². The number of hydrogen-bond donors (Lipinski definition) is 2. The Morgan fingerprint density at radius 2 is 2.11 bits per heavy atom. The first-order chi connectivity index (χ1) is 8.66. The van der Waals surface area contributed by atoms with Crippen LogP contribution in [0.4, 0.5) is 15.9 Å². The molecule has 2 aromatic rings. The molecule has 1 aromatic heterocycles. The van der Waals surface area contributed by atoms with Crippen molar-refractivity contribution in [2.75, 3.05) is 17.6 Å². The molecule has 1 heterocycles. The Balaban J connectivity index is 1.96. The van der Waals surface area contributed by atoms with Crippen LogP contribution in [-0.4, -0.2) is 16.5 Å². The number of halogens is 2. The van der Waals surface area contributed by atoms with E-state index >= 15 is 0 Å². The second-order valence-electron chi connectivity index (χ2n) is 3.71. The van der Waals surface area contributed by atoms with Gasteiger partial charge in [0.25, 0.3) is 0 Å². The number of rotatable bonds is 4. The monoisotopic (exact) mass is 266 g/mol. The second-order valence-corrected chi connectivity index (χ2v) is 4.05. The zero-order valence-corrected chi connectivity index (χ0v) is 10.3. The normalized spacial score (nSPS) is 10.3. The van der Waals surface area contributed by atoms with E-state index in [1.165, 1.54) is 12.3 Å². The van der Waals surface area contributed by atoms with E-state index in [-0.39, 0.29) is 11.1 Å². The van der Waals surface area contributed by atoms with Gasteiger partial charge in [0.1, 0.15) is 5.82 Å². The van der Waals surface area contributed by atoms with Crippen molar-refractivity contribution in [1.82, 2.24) is 9.97 Å². The van der Waals surface area contributed by atoms with Crippen LogP contribution in [0.1, 0.15) is 5.56 Å². The average Bonchev–Trinajstić information content (AvgIpc) is 2.36. The fourth-order valence-corrected chi connectivity index (χ4v) is 1.66. The smallest absolute Gasteiger partial charge is 0.224 e. The molecule has 3 N–H and O–H groups in total. The molecule has 0 unspecified atom stereocenters. The van der Waals surface area contributed by atoms with Crippen LogP contribution in [0.3, 0.4) is 0 Å². The van der Waals surface area contributed by atoms with E-state index in [0.717, 1.165) is 0 Å². The number of nitrogen functional groups attached to an aromatic ring is 1. The highest BCUT2D eigenvalue weighted by Gasteiger charge is 2.04. The van der Waals surface area contributed by atoms with Crippen molar-refractivity contribution in [1.29, 1.82) is 0 Å². The molecule has 0 aliphatic heterocycles. The van der Waals surface area contributed by atoms with Crippen LogP contribution in [-0.2, 0) is 6.42 Å². The van der Waals surface area contributed by atoms with Gasteiger partial charge in [-0.2, -0.15) is 4.98 Å². The lowest BCUT2D eigenvalue weighted by Gasteiger charge is -2.08. The minimum Gasteiger partial charge on any atom is -0.394 e. The molecule has 94 valence electrons. The number of nitrogens with zero attached hydrogens (tertiary/aromatic N) is 2. The van der Waals surface area contributed by atoms with Gasteiger partial charge in [0.05, 0.1) is 11.9 Å². The van der Waals surface area contributed by atoms with Crippen LogP contribution in [0.25, 0.3) is 0 Å². The maximum Gasteiger partial charge on any atom is 0.224 e. The second kappa shape index (κ2) is 5.64. The molecule has 6 heteroatoms. The molecular weight excluding hydrogens is 255 g/mol. The summed E-state index contributed by atoms with van der Waals surface area (Å²) in [6.07, 6.45) is 1.97. The molecule has 2 rings (SSSR count). The Kier molecular flexibility index (Phi) is 3.94. The van der Waals surface area contributed by atoms with Crippen LogP contribution in [0, 0.1) is 5.82 Å². The summed E-state index contributed by atoms with van der Waals surface area (Å²) in [6.45, 7) is 0.512. The fourth-order valence-electron chi connectivity index (χ4n) is 1.53. The standard InChI is InChI=1S/C12H12ClFN4/c13-12-17-7-10(15)11(18-12)16-6-5-8-3-1-2-4-9(8)14/h1-4,7H,5-6,15H2,(H,16,17,18). The summed E-state index contributed by atoms with van der Waals surface area (Å²) in [5.41, 5.74) is 6.73. The predicted molar refractivity (Wildman–Crippen MR) is 70.0 cm³/mol. The van der Waals surface area contributed by atoms with Gasteiger partial charge in [-0.3, -0.25) is 0 Å². The minimum atomic E-state index is -0.215. The van der Waals surface area contributed by atoms with Crippen molar-refractivity contribution in [3.8, 4) is 0 Å². The number of anilines is 2. The zero-order chi connectivity index (χ0) is 13.0. The summed E-state index contributed by atoms with van der Waals surface area (Å²) in [5.74, 6) is 0.249. The van der Waals surface area contributed by atoms with Crippen molar-refractivity contribution in [2.24, 2.45) is 0 Å². The van der Waals surface area contributed by atoms with E-state index < -0.39 is 0 Å². The maximum atomic E-state index is 13.4. The number of nitrogens with one attached hydrogen (secondary N) is 1. The molecule has 0 radical (unpaired) electrons. The zero-order valence-electron chi connectivity index (χ0n) is 9.53. The molecule has 0 amide bonds. The molecule has 1 aromatic carbocycles. The average molecular weight is 267 g/mol. The van der Waals surface area contributed by atoms with Gasteiger partial charge in [0.2, 0.25) is 5.28 Å². The molecule has 0 saturated heterocycles. The molecule has 0 saturated carbocycles. The van der Waals surface area contributed by atoms with Crippen LogP contribution < -0.4 is 11.1 Å². The molecule has 0 bridgehead atoms. The largest absolute Gasteiger partial charge is 0.394 e. The SMILES string of the molecule is Nc1cnc(Cl)nc1NCCc1ccccc1F. The third-order valence-electron chi connectivity index (χ3n) is 2.43. The van der Waals surface area contributed by atoms with Crippen molar-refractivity contribution in [3.05, 3.63) is 47.1 Å². The molecular formula is C12H12ClFN4. The van der Waals surface area contributed by atoms with Gasteiger partial charge in [0.15, 0.2) is 5.82 Å². The summed E-state index contributed by atoms with van der Waals surface area (Å²) in [4.78, 5) is 7.70. The molecule has 0 aliphatic carbocycles. The summed E-state index contributed by atoms with van der Waals surface area (Å²) >= 11 is 5.66. The minimum absolute atomic E-state index is 0.123. The van der Waals surface area contributed by atoms with Crippen LogP contribution >= 0.6 is 11.6 Å². The first-order valence-corrected chi connectivity index (χ1v) is 5.80. The lowest BCUT2D eigenvalue weighted by molar-refractivity contribution is 0.610. The number of aromatic nitrogens is 2. The van der Waals surface area contributed by atoms with E-state index in [9.17, 15) is 4.39 Å². The summed E-state index contributed by atoms with van der Waals surface area (Å²) in [5, 5.41) is 3.13. The van der Waals surface area contributed by atoms with Crippen molar-refractivity contribution >= 4 is 23.1 Å². The molecule has 0 fully saturated rings. The van der Waals surface area contributed by atoms with E-state index in [2.05, 4.69) is 15.3 Å². The van der Waals surface area contributed by atoms with Crippen molar-refractivity contribution in [2.45, 2.75) is 6.42 Å². The Hall–Kier alpha value is -1.88. The molecule has 0 spiro atoms. The van der Waals surface area contributed by atoms with Crippen molar-refractivity contribution < 1.29 is 4.39 Å². The molecule has 0 atom stereocenters. The van der Waals surface area contributed by atoms with Crippen LogP contribution in [0.2, 0.25) is 5.28 Å². The first kappa shape index (κ1) is 12.6. The topological polar surface area (TPSA) is 63.8 Å². The van der Waals surface area contributed by atoms with Crippen LogP contribution in [0.15, 0.2) is 30.5 Å². The van der Waals surface area contributed by atoms with Gasteiger partial charge < -0.3 is 11.1 Å². The van der Waals surface area contributed by atoms with Gasteiger partial charge in [-0.25, -0.2) is 9.37 Å². The predicted octanol–water partition coefficient (Wildman–Crippen LogP) is 2.51. The van der Waals surface area contributed by atoms with Crippen molar-refractivity contribution in [3.63, 3.8) is 0 Å². The van der Waals surface area contributed by atoms with Gasteiger partial charge in [-0.05, 0) is 29.7 Å². The molecule has 18 heavy (non-hydrogen) atoms. The van der Waals surface area contributed by atoms with Gasteiger partial charge in [-0.1, -0.05) is 18.2 Å². The molecule has 0 aliphatic rings. The number of nitrogens with two attached hydrogens (primary N) is 1. The fraction of sp³-hybridized carbons (Fsp3) is 0.167. The van der Waals surface area contributed by atoms with E-state index in [0.29, 0.717) is 30.0 Å². The number of benzene rings is 1. The Morgan fingerprint density at radius 1 is 1.33 bits per heavy atom. The lowest BCUT2D eigenvalue weighted by atomic mass is 10.1. The summed E-state index contributed by atoms with van der Waals surface area (Å²) in [6, 6.07) is 6.64.